The Morgan fingerprint density at radius 3 is 2.24 bits per heavy atom. The zero-order valence-corrected chi connectivity index (χ0v) is 29.2. The normalized spacial score (nSPS) is 25.0. The fourth-order valence-corrected chi connectivity index (χ4v) is 5.94. The molecule has 0 amide bonds. The van der Waals surface area contributed by atoms with E-state index in [-0.39, 0.29) is 56.8 Å². The Labute approximate surface area is 268 Å². The van der Waals surface area contributed by atoms with E-state index in [2.05, 4.69) is 71.0 Å². The minimum Gasteiger partial charge on any atom is -0.499 e. The van der Waals surface area contributed by atoms with Gasteiger partial charge in [0.2, 0.25) is 0 Å². The number of allylic oxidation sites excluding steroid dienone is 2. The zero-order chi connectivity index (χ0) is 30.3. The van der Waals surface area contributed by atoms with Crippen molar-refractivity contribution in [1.29, 1.82) is 0 Å². The molecule has 0 aromatic heterocycles. The van der Waals surface area contributed by atoms with Crippen LogP contribution in [-0.4, -0.2) is 34.5 Å². The SMILES string of the molecule is CC(C)O.CC(C)O.CCCCC[C-]=C1CCC[C@]1(C)[CH-]C(=O)O[C@@H]1C[C@H](C)CC[C@H]1C(C)(C)c1ccccc1.[Ti+2]. The third-order valence-corrected chi connectivity index (χ3v) is 8.13. The van der Waals surface area contributed by atoms with Crippen molar-refractivity contribution in [2.75, 3.05) is 0 Å². The third-order valence-electron chi connectivity index (χ3n) is 8.13. The molecule has 5 heteroatoms. The summed E-state index contributed by atoms with van der Waals surface area (Å²) in [4.78, 5) is 13.2. The number of unbranched alkanes of at least 4 members (excludes halogenated alkanes) is 3. The summed E-state index contributed by atoms with van der Waals surface area (Å²) in [6.07, 6.45) is 16.4. The van der Waals surface area contributed by atoms with Gasteiger partial charge in [-0.05, 0) is 57.4 Å². The molecular formula is C36H60O4Ti. The summed E-state index contributed by atoms with van der Waals surface area (Å²) < 4.78 is 6.27. The first-order valence-electron chi connectivity index (χ1n) is 15.8. The molecule has 3 rings (SSSR count). The molecule has 0 spiro atoms. The van der Waals surface area contributed by atoms with Crippen molar-refractivity contribution in [2.45, 2.75) is 150 Å². The maximum Gasteiger partial charge on any atom is 2.00 e. The van der Waals surface area contributed by atoms with Gasteiger partial charge in [0.15, 0.2) is 5.97 Å². The maximum atomic E-state index is 13.2. The van der Waals surface area contributed by atoms with E-state index in [9.17, 15) is 4.79 Å². The molecule has 0 unspecified atom stereocenters. The smallest absolute Gasteiger partial charge is 0.499 e. The fraction of sp³-hybridized carbons (Fsp3) is 0.722. The van der Waals surface area contributed by atoms with Gasteiger partial charge in [0.05, 0.1) is 0 Å². The van der Waals surface area contributed by atoms with Crippen LogP contribution in [0.4, 0.5) is 0 Å². The molecule has 2 fully saturated rings. The van der Waals surface area contributed by atoms with Crippen LogP contribution in [-0.2, 0) is 36.7 Å². The standard InChI is InChI=1S/C30H44O2.2C3H8O.Ti/c1-6-7-8-10-16-25-17-13-20-30(25,5)22-28(31)32-27-21-23(2)18-19-26(27)29(3,4)24-14-11-9-12-15-24;2*1-3(2)4;/h9,11-12,14-15,22-23,26-27H,6-8,10,13,17-21H2,1-5H3;2*3-4H,1-2H3;/q-2;;;+2/t23-,26-,27-,30-;;;/m1.../s1. The van der Waals surface area contributed by atoms with Gasteiger partial charge in [0.25, 0.3) is 0 Å². The summed E-state index contributed by atoms with van der Waals surface area (Å²) in [5.74, 6) is 0.806. The predicted molar refractivity (Wildman–Crippen MR) is 168 cm³/mol. The van der Waals surface area contributed by atoms with Crippen LogP contribution in [0.1, 0.15) is 132 Å². The van der Waals surface area contributed by atoms with Crippen LogP contribution in [0.25, 0.3) is 0 Å². The van der Waals surface area contributed by atoms with E-state index >= 15 is 0 Å². The molecule has 0 bridgehead atoms. The van der Waals surface area contributed by atoms with Gasteiger partial charge in [0, 0.05) is 18.1 Å². The number of carbonyl (C=O) groups is 1. The molecule has 0 aliphatic heterocycles. The van der Waals surface area contributed by atoms with E-state index in [4.69, 9.17) is 14.9 Å². The van der Waals surface area contributed by atoms with Crippen molar-refractivity contribution in [3.63, 3.8) is 0 Å². The number of esters is 1. The Morgan fingerprint density at radius 1 is 1.10 bits per heavy atom. The second-order valence-corrected chi connectivity index (χ2v) is 13.3. The van der Waals surface area contributed by atoms with Crippen molar-refractivity contribution < 1.29 is 41.5 Å². The van der Waals surface area contributed by atoms with Gasteiger partial charge < -0.3 is 21.0 Å². The average Bonchev–Trinajstić information content (AvgIpc) is 3.21. The number of ether oxygens (including phenoxy) is 1. The average molecular weight is 605 g/mol. The van der Waals surface area contributed by atoms with Crippen molar-refractivity contribution in [3.8, 4) is 0 Å². The fourth-order valence-electron chi connectivity index (χ4n) is 5.94. The minimum atomic E-state index is -0.186. The minimum absolute atomic E-state index is 0. The van der Waals surface area contributed by atoms with Crippen LogP contribution in [0.15, 0.2) is 35.9 Å². The second-order valence-electron chi connectivity index (χ2n) is 13.3. The summed E-state index contributed by atoms with van der Waals surface area (Å²) in [5, 5.41) is 16.1. The first kappa shape index (κ1) is 39.9. The van der Waals surface area contributed by atoms with Crippen molar-refractivity contribution in [3.05, 3.63) is 54.0 Å². The number of aliphatic hydroxyl groups is 2. The van der Waals surface area contributed by atoms with Crippen LogP contribution in [0.2, 0.25) is 0 Å². The second kappa shape index (κ2) is 20.0. The summed E-state index contributed by atoms with van der Waals surface area (Å²) in [7, 11) is 0. The molecule has 2 aliphatic rings. The largest absolute Gasteiger partial charge is 2.00 e. The number of hydrogen-bond donors (Lipinski definition) is 2. The molecule has 2 N–H and O–H groups in total. The molecule has 41 heavy (non-hydrogen) atoms. The van der Waals surface area contributed by atoms with Gasteiger partial charge in [-0.2, -0.15) is 6.42 Å². The summed E-state index contributed by atoms with van der Waals surface area (Å²) in [6, 6.07) is 10.7. The quantitative estimate of drug-likeness (QED) is 0.128. The Bertz CT molecular complexity index is 852. The van der Waals surface area contributed by atoms with Gasteiger partial charge in [-0.15, -0.1) is 5.41 Å². The van der Waals surface area contributed by atoms with Gasteiger partial charge in [0.1, 0.15) is 6.10 Å². The molecule has 4 nitrogen and oxygen atoms in total. The van der Waals surface area contributed by atoms with E-state index in [1.165, 1.54) is 36.8 Å². The Balaban J connectivity index is 0.00000158. The number of aliphatic hydroxyl groups excluding tert-OH is 2. The molecule has 1 aromatic rings. The van der Waals surface area contributed by atoms with Gasteiger partial charge >= 0.3 is 21.7 Å². The van der Waals surface area contributed by atoms with Crippen LogP contribution >= 0.6 is 0 Å². The molecule has 4 atom stereocenters. The molecule has 0 heterocycles. The Morgan fingerprint density at radius 2 is 1.68 bits per heavy atom. The van der Waals surface area contributed by atoms with Crippen molar-refractivity contribution in [1.82, 2.24) is 0 Å². The van der Waals surface area contributed by atoms with E-state index < -0.39 is 0 Å². The van der Waals surface area contributed by atoms with Crippen LogP contribution in [0.3, 0.4) is 0 Å². The van der Waals surface area contributed by atoms with Crippen molar-refractivity contribution >= 4 is 5.97 Å². The molecule has 0 radical (unpaired) electrons. The third kappa shape index (κ3) is 14.8. The monoisotopic (exact) mass is 604 g/mol. The van der Waals surface area contributed by atoms with E-state index in [0.29, 0.717) is 11.8 Å². The van der Waals surface area contributed by atoms with E-state index in [0.717, 1.165) is 38.5 Å². The first-order valence-corrected chi connectivity index (χ1v) is 15.8. The van der Waals surface area contributed by atoms with E-state index in [1.807, 2.05) is 6.42 Å². The Hall–Kier alpha value is -1.07. The number of carbonyl (C=O) groups excluding carboxylic acids is 1. The van der Waals surface area contributed by atoms with Crippen LogP contribution < -0.4 is 0 Å². The predicted octanol–water partition coefficient (Wildman–Crippen LogP) is 8.79. The number of benzene rings is 1. The molecular weight excluding hydrogens is 544 g/mol. The first-order chi connectivity index (χ1) is 18.7. The Kier molecular flexibility index (Phi) is 19.5. The van der Waals surface area contributed by atoms with Crippen molar-refractivity contribution in [2.24, 2.45) is 17.3 Å². The van der Waals surface area contributed by atoms with Gasteiger partial charge in [-0.3, -0.25) is 16.8 Å². The van der Waals surface area contributed by atoms with E-state index in [1.54, 1.807) is 27.7 Å². The van der Waals surface area contributed by atoms with Crippen LogP contribution in [0, 0.1) is 29.7 Å². The number of hydrogen-bond acceptors (Lipinski definition) is 4. The van der Waals surface area contributed by atoms with Crippen LogP contribution in [0.5, 0.6) is 0 Å². The summed E-state index contributed by atoms with van der Waals surface area (Å²) >= 11 is 0. The molecule has 2 saturated carbocycles. The maximum absolute atomic E-state index is 13.2. The topological polar surface area (TPSA) is 66.8 Å². The molecule has 0 saturated heterocycles. The molecule has 1 aromatic carbocycles. The summed E-state index contributed by atoms with van der Waals surface area (Å²) in [6.45, 7) is 18.3. The van der Waals surface area contributed by atoms with Gasteiger partial charge in [-0.1, -0.05) is 110 Å². The summed E-state index contributed by atoms with van der Waals surface area (Å²) in [5.41, 5.74) is 2.44. The number of rotatable bonds is 9. The molecule has 2 aliphatic carbocycles. The zero-order valence-electron chi connectivity index (χ0n) is 27.6. The van der Waals surface area contributed by atoms with Gasteiger partial charge in [-0.25, -0.2) is 0 Å². The molecule has 232 valence electrons.